The second-order valence-electron chi connectivity index (χ2n) is 4.00. The highest BCUT2D eigenvalue weighted by atomic mass is 16.6. The van der Waals surface area contributed by atoms with Gasteiger partial charge in [-0.05, 0) is 25.5 Å². The van der Waals surface area contributed by atoms with Crippen LogP contribution in [0.1, 0.15) is 30.9 Å². The quantitative estimate of drug-likeness (QED) is 0.593. The van der Waals surface area contributed by atoms with Crippen molar-refractivity contribution < 1.29 is 10.0 Å². The Morgan fingerprint density at radius 1 is 1.44 bits per heavy atom. The van der Waals surface area contributed by atoms with E-state index in [1.165, 1.54) is 18.2 Å². The molecule has 16 heavy (non-hydrogen) atoms. The number of nitro benzene ring substituents is 1. The van der Waals surface area contributed by atoms with Crippen molar-refractivity contribution in [2.24, 2.45) is 0 Å². The molecule has 5 heteroatoms. The van der Waals surface area contributed by atoms with Gasteiger partial charge < -0.3 is 10.4 Å². The number of non-ortho nitro benzene ring substituents is 1. The third-order valence-electron chi connectivity index (χ3n) is 2.91. The molecule has 0 spiro atoms. The first-order valence-corrected chi connectivity index (χ1v) is 5.39. The van der Waals surface area contributed by atoms with Crippen molar-refractivity contribution in [1.29, 1.82) is 0 Å². The first kappa shape index (κ1) is 10.9. The van der Waals surface area contributed by atoms with Gasteiger partial charge in [-0.3, -0.25) is 10.1 Å². The van der Waals surface area contributed by atoms with Gasteiger partial charge in [0.1, 0.15) is 5.75 Å². The number of rotatable bonds is 2. The molecular formula is C11H14N2O3. The molecule has 5 nitrogen and oxygen atoms in total. The molecule has 1 aliphatic heterocycles. The number of nitrogens with zero attached hydrogens (tertiary/aromatic N) is 1. The molecule has 0 radical (unpaired) electrons. The molecule has 1 aromatic carbocycles. The highest BCUT2D eigenvalue weighted by Gasteiger charge is 2.20. The molecule has 0 aliphatic carbocycles. The first-order valence-electron chi connectivity index (χ1n) is 5.39. The Kier molecular flexibility index (Phi) is 3.05. The molecule has 0 unspecified atom stereocenters. The summed E-state index contributed by atoms with van der Waals surface area (Å²) in [7, 11) is 0. The van der Waals surface area contributed by atoms with Gasteiger partial charge in [-0.25, -0.2) is 0 Å². The van der Waals surface area contributed by atoms with Gasteiger partial charge in [0.25, 0.3) is 5.69 Å². The predicted molar refractivity (Wildman–Crippen MR) is 59.4 cm³/mol. The summed E-state index contributed by atoms with van der Waals surface area (Å²) >= 11 is 0. The maximum Gasteiger partial charge on any atom is 0.270 e. The van der Waals surface area contributed by atoms with Crippen LogP contribution in [0.25, 0.3) is 0 Å². The fourth-order valence-corrected chi connectivity index (χ4v) is 2.05. The molecule has 1 aliphatic rings. The van der Waals surface area contributed by atoms with Crippen LogP contribution in [0.2, 0.25) is 0 Å². The molecule has 1 saturated heterocycles. The molecule has 0 amide bonds. The van der Waals surface area contributed by atoms with E-state index in [0.717, 1.165) is 25.8 Å². The molecule has 1 heterocycles. The second-order valence-corrected chi connectivity index (χ2v) is 4.00. The fourth-order valence-electron chi connectivity index (χ4n) is 2.05. The van der Waals surface area contributed by atoms with Gasteiger partial charge >= 0.3 is 0 Å². The van der Waals surface area contributed by atoms with Crippen molar-refractivity contribution >= 4 is 5.69 Å². The zero-order valence-corrected chi connectivity index (χ0v) is 8.85. The van der Waals surface area contributed by atoms with E-state index in [0.29, 0.717) is 5.56 Å². The van der Waals surface area contributed by atoms with Gasteiger partial charge in [-0.15, -0.1) is 0 Å². The van der Waals surface area contributed by atoms with Crippen molar-refractivity contribution in [2.45, 2.75) is 25.3 Å². The lowest BCUT2D eigenvalue weighted by atomic mass is 9.96. The fraction of sp³-hybridized carbons (Fsp3) is 0.455. The third-order valence-corrected chi connectivity index (χ3v) is 2.91. The molecule has 86 valence electrons. The SMILES string of the molecule is O=[N+]([O-])c1ccc(O)c([C@@H]2CCCCN2)c1. The summed E-state index contributed by atoms with van der Waals surface area (Å²) in [5.74, 6) is 0.130. The number of nitro groups is 1. The van der Waals surface area contributed by atoms with Gasteiger partial charge in [0.2, 0.25) is 0 Å². The Morgan fingerprint density at radius 2 is 2.25 bits per heavy atom. The summed E-state index contributed by atoms with van der Waals surface area (Å²) in [5.41, 5.74) is 0.661. The monoisotopic (exact) mass is 222 g/mol. The van der Waals surface area contributed by atoms with E-state index in [2.05, 4.69) is 5.32 Å². The Labute approximate surface area is 93.2 Å². The second kappa shape index (κ2) is 4.49. The minimum atomic E-state index is -0.439. The van der Waals surface area contributed by atoms with Crippen molar-refractivity contribution in [1.82, 2.24) is 5.32 Å². The molecule has 1 atom stereocenters. The average molecular weight is 222 g/mol. The number of phenolic OH excluding ortho intramolecular Hbond substituents is 1. The van der Waals surface area contributed by atoms with Crippen molar-refractivity contribution in [3.05, 3.63) is 33.9 Å². The van der Waals surface area contributed by atoms with E-state index >= 15 is 0 Å². The number of nitrogens with one attached hydrogen (secondary N) is 1. The van der Waals surface area contributed by atoms with Crippen LogP contribution >= 0.6 is 0 Å². The van der Waals surface area contributed by atoms with Gasteiger partial charge in [0.15, 0.2) is 0 Å². The van der Waals surface area contributed by atoms with Crippen molar-refractivity contribution in [3.8, 4) is 5.75 Å². The lowest BCUT2D eigenvalue weighted by Crippen LogP contribution is -2.26. The van der Waals surface area contributed by atoms with Crippen LogP contribution in [0.5, 0.6) is 5.75 Å². The number of phenols is 1. The highest BCUT2D eigenvalue weighted by Crippen LogP contribution is 2.32. The molecular weight excluding hydrogens is 208 g/mol. The number of piperidine rings is 1. The number of hydrogen-bond donors (Lipinski definition) is 2. The maximum atomic E-state index is 10.7. The summed E-state index contributed by atoms with van der Waals surface area (Å²) in [4.78, 5) is 10.2. The summed E-state index contributed by atoms with van der Waals surface area (Å²) < 4.78 is 0. The number of aromatic hydroxyl groups is 1. The summed E-state index contributed by atoms with van der Waals surface area (Å²) in [6, 6.07) is 4.21. The summed E-state index contributed by atoms with van der Waals surface area (Å²) in [5, 5.41) is 23.6. The minimum absolute atomic E-state index is 0.0279. The van der Waals surface area contributed by atoms with E-state index < -0.39 is 4.92 Å². The molecule has 1 fully saturated rings. The van der Waals surface area contributed by atoms with Crippen molar-refractivity contribution in [2.75, 3.05) is 6.54 Å². The van der Waals surface area contributed by atoms with E-state index in [1.807, 2.05) is 0 Å². The van der Waals surface area contributed by atoms with E-state index in [4.69, 9.17) is 0 Å². The van der Waals surface area contributed by atoms with Crippen LogP contribution in [-0.2, 0) is 0 Å². The van der Waals surface area contributed by atoms with Crippen LogP contribution in [-0.4, -0.2) is 16.6 Å². The molecule has 1 aromatic rings. The van der Waals surface area contributed by atoms with Gasteiger partial charge in [-0.1, -0.05) is 6.42 Å². The predicted octanol–water partition coefficient (Wildman–Crippen LogP) is 2.11. The molecule has 2 rings (SSSR count). The summed E-state index contributed by atoms with van der Waals surface area (Å²) in [6.07, 6.45) is 3.11. The smallest absolute Gasteiger partial charge is 0.270 e. The Balaban J connectivity index is 2.30. The topological polar surface area (TPSA) is 75.4 Å². The normalized spacial score (nSPS) is 20.6. The largest absolute Gasteiger partial charge is 0.508 e. The number of hydrogen-bond acceptors (Lipinski definition) is 4. The van der Waals surface area contributed by atoms with Crippen LogP contribution in [0.15, 0.2) is 18.2 Å². The minimum Gasteiger partial charge on any atom is -0.508 e. The first-order chi connectivity index (χ1) is 7.68. The van der Waals surface area contributed by atoms with Gasteiger partial charge in [0, 0.05) is 23.7 Å². The average Bonchev–Trinajstić information content (AvgIpc) is 2.30. The number of benzene rings is 1. The molecule has 0 saturated carbocycles. The van der Waals surface area contributed by atoms with Crippen LogP contribution in [0.3, 0.4) is 0 Å². The summed E-state index contributed by atoms with van der Waals surface area (Å²) in [6.45, 7) is 0.896. The standard InChI is InChI=1S/C11H14N2O3/c14-11-5-4-8(13(15)16)7-9(11)10-3-1-2-6-12-10/h4-5,7,10,12,14H,1-3,6H2/t10-/m0/s1. The maximum absolute atomic E-state index is 10.7. The molecule has 2 N–H and O–H groups in total. The van der Waals surface area contributed by atoms with E-state index in [-0.39, 0.29) is 17.5 Å². The van der Waals surface area contributed by atoms with Crippen LogP contribution < -0.4 is 5.32 Å². The van der Waals surface area contributed by atoms with E-state index in [9.17, 15) is 15.2 Å². The lowest BCUT2D eigenvalue weighted by molar-refractivity contribution is -0.385. The third kappa shape index (κ3) is 2.14. The van der Waals surface area contributed by atoms with Crippen LogP contribution in [0, 0.1) is 10.1 Å². The Morgan fingerprint density at radius 3 is 2.88 bits per heavy atom. The highest BCUT2D eigenvalue weighted by molar-refractivity contribution is 5.44. The Bertz CT molecular complexity index is 400. The van der Waals surface area contributed by atoms with Crippen LogP contribution in [0.4, 0.5) is 5.69 Å². The van der Waals surface area contributed by atoms with Gasteiger partial charge in [-0.2, -0.15) is 0 Å². The zero-order chi connectivity index (χ0) is 11.5. The van der Waals surface area contributed by atoms with E-state index in [1.54, 1.807) is 0 Å². The molecule has 0 bridgehead atoms. The van der Waals surface area contributed by atoms with Gasteiger partial charge in [0.05, 0.1) is 4.92 Å². The molecule has 0 aromatic heterocycles. The lowest BCUT2D eigenvalue weighted by Gasteiger charge is -2.24. The zero-order valence-electron chi connectivity index (χ0n) is 8.85. The Hall–Kier alpha value is -1.62. The van der Waals surface area contributed by atoms with Crippen molar-refractivity contribution in [3.63, 3.8) is 0 Å².